The fraction of sp³-hybridized carbons (Fsp3) is 0.242. The molecule has 42 heavy (non-hydrogen) atoms. The van der Waals surface area contributed by atoms with Crippen molar-refractivity contribution in [2.75, 3.05) is 19.6 Å². The quantitative estimate of drug-likeness (QED) is 0.266. The van der Waals surface area contributed by atoms with Crippen molar-refractivity contribution >= 4 is 28.9 Å². The number of carbonyl (C=O) groups excluding carboxylic acids is 2. The molecule has 214 valence electrons. The Hall–Kier alpha value is -4.89. The average molecular weight is 565 g/mol. The van der Waals surface area contributed by atoms with Crippen LogP contribution in [0.4, 0.5) is 9.59 Å². The van der Waals surface area contributed by atoms with Gasteiger partial charge in [-0.1, -0.05) is 84.9 Å². The Morgan fingerprint density at radius 3 is 2.36 bits per heavy atom. The third-order valence-electron chi connectivity index (χ3n) is 8.36. The van der Waals surface area contributed by atoms with Gasteiger partial charge in [-0.3, -0.25) is 10.2 Å². The lowest BCUT2D eigenvalue weighted by atomic mass is 9.88. The minimum Gasteiger partial charge on any atom is -0.465 e. The number of fused-ring (bicyclic) bond motifs is 1. The number of carboxylic acid groups (broad SMARTS) is 1. The van der Waals surface area contributed by atoms with Crippen LogP contribution in [-0.4, -0.2) is 52.6 Å². The SMILES string of the molecule is C[C@H](c1cccc2ccccc12)N(C[C@H]1CN(C(=O)c2ccc(C3NNC(=O)O3)cc2)C[C@@H]1c1ccccc1)C(=O)O. The second-order valence-corrected chi connectivity index (χ2v) is 10.8. The number of benzene rings is 4. The molecular formula is C33H32N4O5. The Morgan fingerprint density at radius 1 is 0.929 bits per heavy atom. The number of likely N-dealkylation sites (tertiary alicyclic amines) is 1. The summed E-state index contributed by atoms with van der Waals surface area (Å²) >= 11 is 0. The Bertz CT molecular complexity index is 1600. The number of ether oxygens (including phenoxy) is 1. The molecule has 2 aliphatic rings. The van der Waals surface area contributed by atoms with Crippen LogP contribution in [0.2, 0.25) is 0 Å². The van der Waals surface area contributed by atoms with Gasteiger partial charge in [-0.15, -0.1) is 0 Å². The van der Waals surface area contributed by atoms with Crippen molar-refractivity contribution in [3.63, 3.8) is 0 Å². The summed E-state index contributed by atoms with van der Waals surface area (Å²) in [5, 5.41) is 12.5. The number of hydrogen-bond donors (Lipinski definition) is 3. The molecule has 4 aromatic rings. The van der Waals surface area contributed by atoms with Gasteiger partial charge in [-0.25, -0.2) is 9.59 Å². The first-order valence-electron chi connectivity index (χ1n) is 14.0. The van der Waals surface area contributed by atoms with E-state index in [1.165, 1.54) is 4.90 Å². The summed E-state index contributed by atoms with van der Waals surface area (Å²) in [7, 11) is 0. The van der Waals surface area contributed by atoms with Gasteiger partial charge in [-0.05, 0) is 41.0 Å². The molecule has 0 aliphatic carbocycles. The first-order chi connectivity index (χ1) is 20.4. The average Bonchev–Trinajstić information content (AvgIpc) is 3.65. The molecule has 0 saturated carbocycles. The first-order valence-corrected chi connectivity index (χ1v) is 14.0. The van der Waals surface area contributed by atoms with Gasteiger partial charge in [0.15, 0.2) is 6.23 Å². The Labute approximate surface area is 243 Å². The minimum atomic E-state index is -0.988. The molecule has 4 atom stereocenters. The molecule has 3 amide bonds. The predicted octanol–water partition coefficient (Wildman–Crippen LogP) is 5.68. The molecule has 2 saturated heterocycles. The van der Waals surface area contributed by atoms with Gasteiger partial charge in [0.05, 0.1) is 6.04 Å². The third-order valence-corrected chi connectivity index (χ3v) is 8.36. The number of cyclic esters (lactones) is 1. The zero-order chi connectivity index (χ0) is 29.2. The van der Waals surface area contributed by atoms with E-state index in [4.69, 9.17) is 4.74 Å². The van der Waals surface area contributed by atoms with Gasteiger partial charge >= 0.3 is 12.2 Å². The molecule has 6 rings (SSSR count). The molecule has 1 unspecified atom stereocenters. The van der Waals surface area contributed by atoms with E-state index in [2.05, 4.69) is 10.9 Å². The summed E-state index contributed by atoms with van der Waals surface area (Å²) in [6.45, 7) is 3.13. The zero-order valence-corrected chi connectivity index (χ0v) is 23.1. The number of amides is 3. The largest absolute Gasteiger partial charge is 0.465 e. The fourth-order valence-corrected chi connectivity index (χ4v) is 6.16. The highest BCUT2D eigenvalue weighted by molar-refractivity contribution is 5.94. The number of hydrazine groups is 1. The van der Waals surface area contributed by atoms with E-state index in [1.807, 2.05) is 84.6 Å². The Balaban J connectivity index is 1.25. The monoisotopic (exact) mass is 564 g/mol. The lowest BCUT2D eigenvalue weighted by Gasteiger charge is -2.31. The van der Waals surface area contributed by atoms with Crippen LogP contribution < -0.4 is 10.9 Å². The second-order valence-electron chi connectivity index (χ2n) is 10.8. The van der Waals surface area contributed by atoms with Gasteiger partial charge in [0.25, 0.3) is 5.91 Å². The zero-order valence-electron chi connectivity index (χ0n) is 23.1. The predicted molar refractivity (Wildman–Crippen MR) is 158 cm³/mol. The summed E-state index contributed by atoms with van der Waals surface area (Å²) < 4.78 is 5.15. The number of rotatable bonds is 7. The highest BCUT2D eigenvalue weighted by atomic mass is 16.6. The maximum atomic E-state index is 13.7. The maximum absolute atomic E-state index is 13.7. The summed E-state index contributed by atoms with van der Waals surface area (Å²) in [5.41, 5.74) is 8.40. The topological polar surface area (TPSA) is 111 Å². The minimum absolute atomic E-state index is 0.0239. The van der Waals surface area contributed by atoms with Crippen molar-refractivity contribution in [2.24, 2.45) is 5.92 Å². The lowest BCUT2D eigenvalue weighted by Crippen LogP contribution is -2.38. The molecule has 0 radical (unpaired) electrons. The number of hydrogen-bond acceptors (Lipinski definition) is 5. The normalized spacial score (nSPS) is 20.6. The highest BCUT2D eigenvalue weighted by Crippen LogP contribution is 2.37. The molecule has 2 aliphatic heterocycles. The van der Waals surface area contributed by atoms with Crippen molar-refractivity contribution in [1.82, 2.24) is 20.7 Å². The van der Waals surface area contributed by atoms with Crippen molar-refractivity contribution < 1.29 is 24.2 Å². The highest BCUT2D eigenvalue weighted by Gasteiger charge is 2.39. The third kappa shape index (κ3) is 5.38. The molecule has 2 heterocycles. The molecule has 2 fully saturated rings. The van der Waals surface area contributed by atoms with E-state index in [9.17, 15) is 19.5 Å². The van der Waals surface area contributed by atoms with Crippen molar-refractivity contribution in [3.8, 4) is 0 Å². The van der Waals surface area contributed by atoms with E-state index >= 15 is 0 Å². The standard InChI is InChI=1S/C33H32N4O5/c1-21(27-13-7-11-22-10-5-6-12-28(22)27)37(33(40)41)19-26-18-36(20-29(26)23-8-3-2-4-9-23)31(38)25-16-14-24(15-17-25)30-34-35-32(39)42-30/h2-17,21,26,29-30,34H,18-20H2,1H3,(H,35,39)(H,40,41)/t21-,26-,29-,30?/m1/s1. The van der Waals surface area contributed by atoms with Crippen molar-refractivity contribution in [2.45, 2.75) is 25.1 Å². The molecule has 3 N–H and O–H groups in total. The first kappa shape index (κ1) is 27.3. The molecule has 4 aromatic carbocycles. The van der Waals surface area contributed by atoms with Crippen LogP contribution in [-0.2, 0) is 4.74 Å². The van der Waals surface area contributed by atoms with E-state index < -0.39 is 18.4 Å². The van der Waals surface area contributed by atoms with Crippen LogP contribution >= 0.6 is 0 Å². The van der Waals surface area contributed by atoms with Crippen LogP contribution in [0.1, 0.15) is 52.2 Å². The molecule has 0 bridgehead atoms. The molecular weight excluding hydrogens is 532 g/mol. The van der Waals surface area contributed by atoms with E-state index in [0.29, 0.717) is 24.2 Å². The fourth-order valence-electron chi connectivity index (χ4n) is 6.16. The summed E-state index contributed by atoms with van der Waals surface area (Å²) in [4.78, 5) is 41.0. The van der Waals surface area contributed by atoms with Crippen LogP contribution in [0.5, 0.6) is 0 Å². The van der Waals surface area contributed by atoms with Gasteiger partial charge in [0.2, 0.25) is 0 Å². The summed E-state index contributed by atoms with van der Waals surface area (Å²) in [6, 6.07) is 30.6. The van der Waals surface area contributed by atoms with Crippen molar-refractivity contribution in [3.05, 3.63) is 119 Å². The number of nitrogens with one attached hydrogen (secondary N) is 2. The van der Waals surface area contributed by atoms with Gasteiger partial charge in [-0.2, -0.15) is 5.43 Å². The number of carbonyl (C=O) groups is 3. The molecule has 9 nitrogen and oxygen atoms in total. The molecule has 0 aromatic heterocycles. The second kappa shape index (κ2) is 11.5. The van der Waals surface area contributed by atoms with Crippen LogP contribution in [0.25, 0.3) is 10.8 Å². The van der Waals surface area contributed by atoms with Gasteiger partial charge in [0.1, 0.15) is 0 Å². The summed E-state index contributed by atoms with van der Waals surface area (Å²) in [6.07, 6.45) is -2.16. The van der Waals surface area contributed by atoms with Crippen LogP contribution in [0, 0.1) is 5.92 Å². The van der Waals surface area contributed by atoms with E-state index in [-0.39, 0.29) is 30.3 Å². The van der Waals surface area contributed by atoms with Gasteiger partial charge in [0, 0.05) is 42.6 Å². The van der Waals surface area contributed by atoms with Gasteiger partial charge < -0.3 is 19.6 Å². The van der Waals surface area contributed by atoms with E-state index in [1.54, 1.807) is 24.3 Å². The van der Waals surface area contributed by atoms with E-state index in [0.717, 1.165) is 21.9 Å². The molecule has 0 spiro atoms. The molecule has 9 heteroatoms. The van der Waals surface area contributed by atoms with Crippen molar-refractivity contribution in [1.29, 1.82) is 0 Å². The lowest BCUT2D eigenvalue weighted by molar-refractivity contribution is 0.0780. The number of nitrogens with zero attached hydrogens (tertiary/aromatic N) is 2. The van der Waals surface area contributed by atoms with Crippen LogP contribution in [0.3, 0.4) is 0 Å². The summed E-state index contributed by atoms with van der Waals surface area (Å²) in [5.74, 6) is -0.245. The Kier molecular flexibility index (Phi) is 7.50. The maximum Gasteiger partial charge on any atom is 0.423 e. The Morgan fingerprint density at radius 2 is 1.64 bits per heavy atom. The van der Waals surface area contributed by atoms with Crippen LogP contribution in [0.15, 0.2) is 97.1 Å². The smallest absolute Gasteiger partial charge is 0.423 e.